The Labute approximate surface area is 95.7 Å². The minimum atomic E-state index is -0.922. The van der Waals surface area contributed by atoms with Crippen molar-refractivity contribution in [2.75, 3.05) is 23.9 Å². The molecule has 0 saturated heterocycles. The summed E-state index contributed by atoms with van der Waals surface area (Å²) in [6.45, 7) is 2.06. The quantitative estimate of drug-likeness (QED) is 0.618. The number of nitrogens with zero attached hydrogens (tertiary/aromatic N) is 2. The van der Waals surface area contributed by atoms with E-state index in [1.165, 1.54) is 6.20 Å². The predicted molar refractivity (Wildman–Crippen MR) is 63.1 cm³/mol. The average molecular weight is 243 g/mol. The third kappa shape index (κ3) is 3.27. The van der Waals surface area contributed by atoms with Crippen LogP contribution in [0.2, 0.25) is 0 Å². The standard InChI is InChI=1S/C9H13N3O3S/c1-7-3-4-10-9(8(7)12(13)14)11-5-6-16(2)15/h3-4H,5-6H2,1-2H3,(H,10,11). The number of nitrogens with one attached hydrogen (secondary N) is 1. The molecule has 0 saturated carbocycles. The molecule has 0 amide bonds. The van der Waals surface area contributed by atoms with Gasteiger partial charge >= 0.3 is 5.69 Å². The summed E-state index contributed by atoms with van der Waals surface area (Å²) in [4.78, 5) is 14.2. The van der Waals surface area contributed by atoms with Crippen molar-refractivity contribution >= 4 is 22.3 Å². The van der Waals surface area contributed by atoms with Crippen LogP contribution < -0.4 is 5.32 Å². The predicted octanol–water partition coefficient (Wildman–Crippen LogP) is 1.09. The first-order valence-corrected chi connectivity index (χ1v) is 6.39. The fraction of sp³-hybridized carbons (Fsp3) is 0.444. The number of rotatable bonds is 5. The van der Waals surface area contributed by atoms with Crippen molar-refractivity contribution in [2.24, 2.45) is 0 Å². The second-order valence-electron chi connectivity index (χ2n) is 3.29. The lowest BCUT2D eigenvalue weighted by atomic mass is 10.2. The van der Waals surface area contributed by atoms with E-state index in [0.717, 1.165) is 0 Å². The van der Waals surface area contributed by atoms with E-state index in [0.29, 0.717) is 17.9 Å². The van der Waals surface area contributed by atoms with Crippen molar-refractivity contribution in [1.82, 2.24) is 4.98 Å². The highest BCUT2D eigenvalue weighted by molar-refractivity contribution is 7.84. The summed E-state index contributed by atoms with van der Waals surface area (Å²) in [6, 6.07) is 1.58. The number of hydrogen-bond acceptors (Lipinski definition) is 5. The van der Waals surface area contributed by atoms with E-state index >= 15 is 0 Å². The molecular weight excluding hydrogens is 230 g/mol. The smallest absolute Gasteiger partial charge is 0.314 e. The van der Waals surface area contributed by atoms with Crippen LogP contribution in [0.1, 0.15) is 5.56 Å². The zero-order valence-corrected chi connectivity index (χ0v) is 9.91. The van der Waals surface area contributed by atoms with E-state index in [9.17, 15) is 14.3 Å². The van der Waals surface area contributed by atoms with Crippen LogP contribution in [0.4, 0.5) is 11.5 Å². The normalized spacial score (nSPS) is 12.1. The first-order valence-electron chi connectivity index (χ1n) is 4.66. The second-order valence-corrected chi connectivity index (χ2v) is 4.84. The molecule has 1 heterocycles. The molecule has 1 N–H and O–H groups in total. The van der Waals surface area contributed by atoms with Crippen molar-refractivity contribution in [2.45, 2.75) is 6.92 Å². The van der Waals surface area contributed by atoms with Crippen LogP contribution in [0, 0.1) is 17.0 Å². The Bertz CT molecular complexity index is 422. The van der Waals surface area contributed by atoms with Gasteiger partial charge in [0.2, 0.25) is 5.82 Å². The Kier molecular flexibility index (Phi) is 4.36. The lowest BCUT2D eigenvalue weighted by Gasteiger charge is -2.06. The van der Waals surface area contributed by atoms with Crippen molar-refractivity contribution in [3.05, 3.63) is 27.9 Å². The molecule has 0 aromatic carbocycles. The van der Waals surface area contributed by atoms with Gasteiger partial charge in [0.15, 0.2) is 0 Å². The van der Waals surface area contributed by atoms with Crippen LogP contribution in [0.3, 0.4) is 0 Å². The van der Waals surface area contributed by atoms with E-state index < -0.39 is 15.7 Å². The Hall–Kier alpha value is -1.50. The number of aromatic nitrogens is 1. The lowest BCUT2D eigenvalue weighted by Crippen LogP contribution is -2.12. The van der Waals surface area contributed by atoms with E-state index in [1.54, 1.807) is 19.2 Å². The molecule has 1 rings (SSSR count). The molecule has 1 aromatic heterocycles. The maximum absolute atomic E-state index is 10.8. The summed E-state index contributed by atoms with van der Waals surface area (Å²) in [5.74, 6) is 0.669. The molecule has 0 aliphatic carbocycles. The Balaban J connectivity index is 2.83. The zero-order chi connectivity index (χ0) is 12.1. The van der Waals surface area contributed by atoms with Gasteiger partial charge in [-0.25, -0.2) is 4.98 Å². The van der Waals surface area contributed by atoms with Crippen LogP contribution >= 0.6 is 0 Å². The molecule has 7 heteroatoms. The molecule has 88 valence electrons. The zero-order valence-electron chi connectivity index (χ0n) is 9.10. The molecule has 0 aliphatic rings. The van der Waals surface area contributed by atoms with Crippen LogP contribution in [-0.4, -0.2) is 32.7 Å². The molecule has 1 atom stereocenters. The summed E-state index contributed by atoms with van der Waals surface area (Å²) in [6.07, 6.45) is 3.09. The van der Waals surface area contributed by atoms with Gasteiger partial charge in [-0.05, 0) is 13.0 Å². The van der Waals surface area contributed by atoms with Gasteiger partial charge in [0.1, 0.15) is 0 Å². The summed E-state index contributed by atoms with van der Waals surface area (Å²) >= 11 is 0. The molecule has 0 spiro atoms. The largest absolute Gasteiger partial charge is 0.363 e. The Morgan fingerprint density at radius 2 is 2.31 bits per heavy atom. The highest BCUT2D eigenvalue weighted by atomic mass is 32.2. The minimum Gasteiger partial charge on any atom is -0.363 e. The molecule has 0 bridgehead atoms. The summed E-state index contributed by atoms with van der Waals surface area (Å²) in [7, 11) is -0.922. The SMILES string of the molecule is Cc1ccnc(NCCS(C)=O)c1[N+](=O)[O-]. The summed E-state index contributed by atoms with van der Waals surface area (Å²) in [5.41, 5.74) is 0.532. The third-order valence-corrected chi connectivity index (χ3v) is 2.77. The maximum atomic E-state index is 10.8. The van der Waals surface area contributed by atoms with Crippen molar-refractivity contribution in [3.63, 3.8) is 0 Å². The highest BCUT2D eigenvalue weighted by Gasteiger charge is 2.17. The second kappa shape index (κ2) is 5.55. The van der Waals surface area contributed by atoms with E-state index in [2.05, 4.69) is 10.3 Å². The van der Waals surface area contributed by atoms with Gasteiger partial charge in [0.05, 0.1) is 4.92 Å². The van der Waals surface area contributed by atoms with Gasteiger partial charge < -0.3 is 5.32 Å². The van der Waals surface area contributed by atoms with Gasteiger partial charge in [-0.1, -0.05) is 0 Å². The molecule has 0 radical (unpaired) electrons. The average Bonchev–Trinajstić information content (AvgIpc) is 2.16. The van der Waals surface area contributed by atoms with Gasteiger partial charge in [0, 0.05) is 41.1 Å². The van der Waals surface area contributed by atoms with Crippen LogP contribution in [0.5, 0.6) is 0 Å². The van der Waals surface area contributed by atoms with Crippen molar-refractivity contribution in [1.29, 1.82) is 0 Å². The Morgan fingerprint density at radius 1 is 1.62 bits per heavy atom. The van der Waals surface area contributed by atoms with E-state index in [4.69, 9.17) is 0 Å². The third-order valence-electron chi connectivity index (χ3n) is 1.99. The molecule has 0 fully saturated rings. The van der Waals surface area contributed by atoms with Gasteiger partial charge in [0.25, 0.3) is 0 Å². The summed E-state index contributed by atoms with van der Waals surface area (Å²) in [5, 5.41) is 13.6. The highest BCUT2D eigenvalue weighted by Crippen LogP contribution is 2.24. The number of aryl methyl sites for hydroxylation is 1. The summed E-state index contributed by atoms with van der Waals surface area (Å²) < 4.78 is 10.8. The van der Waals surface area contributed by atoms with Crippen molar-refractivity contribution < 1.29 is 9.13 Å². The van der Waals surface area contributed by atoms with Gasteiger partial charge in [-0.2, -0.15) is 0 Å². The van der Waals surface area contributed by atoms with Crippen LogP contribution in [0.25, 0.3) is 0 Å². The molecule has 0 aliphatic heterocycles. The van der Waals surface area contributed by atoms with Gasteiger partial charge in [-0.15, -0.1) is 0 Å². The number of pyridine rings is 1. The van der Waals surface area contributed by atoms with Crippen LogP contribution in [0.15, 0.2) is 12.3 Å². The Morgan fingerprint density at radius 3 is 2.88 bits per heavy atom. The first-order chi connectivity index (χ1) is 7.52. The first kappa shape index (κ1) is 12.6. The minimum absolute atomic E-state index is 0.0237. The molecule has 1 aromatic rings. The maximum Gasteiger partial charge on any atom is 0.314 e. The van der Waals surface area contributed by atoms with Crippen molar-refractivity contribution in [3.8, 4) is 0 Å². The fourth-order valence-electron chi connectivity index (χ4n) is 1.22. The number of anilines is 1. The van der Waals surface area contributed by atoms with Gasteiger partial charge in [-0.3, -0.25) is 14.3 Å². The molecule has 1 unspecified atom stereocenters. The lowest BCUT2D eigenvalue weighted by molar-refractivity contribution is -0.384. The van der Waals surface area contributed by atoms with E-state index in [1.807, 2.05) is 0 Å². The number of hydrogen-bond donors (Lipinski definition) is 1. The molecule has 6 nitrogen and oxygen atoms in total. The molecular formula is C9H13N3O3S. The number of nitro groups is 1. The van der Waals surface area contributed by atoms with E-state index in [-0.39, 0.29) is 11.5 Å². The molecule has 16 heavy (non-hydrogen) atoms. The van der Waals surface area contributed by atoms with Crippen LogP contribution in [-0.2, 0) is 10.8 Å². The monoisotopic (exact) mass is 243 g/mol. The topological polar surface area (TPSA) is 85.1 Å². The fourth-order valence-corrected chi connectivity index (χ4v) is 1.61.